The van der Waals surface area contributed by atoms with Gasteiger partial charge in [0, 0.05) is 12.5 Å². The Morgan fingerprint density at radius 3 is 2.88 bits per heavy atom. The Morgan fingerprint density at radius 2 is 2.18 bits per heavy atom. The van der Waals surface area contributed by atoms with Crippen LogP contribution >= 0.6 is 11.3 Å². The highest BCUT2D eigenvalue weighted by Gasteiger charge is 2.03. The first-order valence-corrected chi connectivity index (χ1v) is 6.31. The van der Waals surface area contributed by atoms with Crippen LogP contribution in [-0.2, 0) is 6.42 Å². The molecular weight excluding hydrogens is 234 g/mol. The van der Waals surface area contributed by atoms with Crippen LogP contribution in [0.1, 0.15) is 5.56 Å². The largest absolute Gasteiger partial charge is 0.497 e. The van der Waals surface area contributed by atoms with Gasteiger partial charge in [0.15, 0.2) is 0 Å². The first-order chi connectivity index (χ1) is 8.29. The highest BCUT2D eigenvalue weighted by Crippen LogP contribution is 2.26. The average molecular weight is 249 g/mol. The number of nitrogens with two attached hydrogens (primary N) is 1. The summed E-state index contributed by atoms with van der Waals surface area (Å²) in [6, 6.07) is 7.52. The fourth-order valence-corrected chi connectivity index (χ4v) is 2.18. The van der Waals surface area contributed by atoms with E-state index in [4.69, 9.17) is 15.2 Å². The van der Waals surface area contributed by atoms with Crippen molar-refractivity contribution in [2.75, 3.05) is 19.5 Å². The molecule has 0 spiro atoms. The zero-order chi connectivity index (χ0) is 12.1. The molecular formula is C13H15NO2S. The molecule has 1 heterocycles. The molecule has 17 heavy (non-hydrogen) atoms. The molecule has 0 unspecified atom stereocenters. The monoisotopic (exact) mass is 249 g/mol. The van der Waals surface area contributed by atoms with Gasteiger partial charge in [-0.05, 0) is 34.5 Å². The fraction of sp³-hybridized carbons (Fsp3) is 0.231. The summed E-state index contributed by atoms with van der Waals surface area (Å²) in [5.74, 6) is 1.43. The van der Waals surface area contributed by atoms with Gasteiger partial charge in [-0.1, -0.05) is 0 Å². The molecule has 1 aromatic heterocycles. The predicted octanol–water partition coefficient (Wildman–Crippen LogP) is 2.96. The quantitative estimate of drug-likeness (QED) is 0.829. The summed E-state index contributed by atoms with van der Waals surface area (Å²) in [6.07, 6.45) is 0.889. The van der Waals surface area contributed by atoms with Crippen molar-refractivity contribution in [2.45, 2.75) is 6.42 Å². The van der Waals surface area contributed by atoms with Gasteiger partial charge in [0.25, 0.3) is 0 Å². The van der Waals surface area contributed by atoms with Gasteiger partial charge in [-0.15, -0.1) is 0 Å². The van der Waals surface area contributed by atoms with E-state index in [0.717, 1.165) is 12.2 Å². The molecule has 4 heteroatoms. The standard InChI is InChI=1S/C13H15NO2S/c1-15-11-2-3-12(14)13(8-11)16-6-4-10-5-7-17-9-10/h2-3,5,7-9H,4,6,14H2,1H3. The first kappa shape index (κ1) is 11.8. The number of anilines is 1. The second kappa shape index (κ2) is 5.59. The number of methoxy groups -OCH3 is 1. The van der Waals surface area contributed by atoms with Crippen molar-refractivity contribution in [3.63, 3.8) is 0 Å². The summed E-state index contributed by atoms with van der Waals surface area (Å²) in [7, 11) is 1.63. The van der Waals surface area contributed by atoms with Gasteiger partial charge >= 0.3 is 0 Å². The van der Waals surface area contributed by atoms with Gasteiger partial charge in [-0.25, -0.2) is 0 Å². The Hall–Kier alpha value is -1.68. The lowest BCUT2D eigenvalue weighted by atomic mass is 10.2. The Balaban J connectivity index is 1.94. The zero-order valence-corrected chi connectivity index (χ0v) is 10.5. The molecule has 0 saturated heterocycles. The van der Waals surface area contributed by atoms with Crippen molar-refractivity contribution in [1.82, 2.24) is 0 Å². The van der Waals surface area contributed by atoms with Crippen molar-refractivity contribution in [3.8, 4) is 11.5 Å². The lowest BCUT2D eigenvalue weighted by Crippen LogP contribution is -2.03. The first-order valence-electron chi connectivity index (χ1n) is 5.37. The molecule has 2 aromatic rings. The van der Waals surface area contributed by atoms with E-state index in [9.17, 15) is 0 Å². The number of hydrogen-bond acceptors (Lipinski definition) is 4. The summed E-state index contributed by atoms with van der Waals surface area (Å²) in [4.78, 5) is 0. The van der Waals surface area contributed by atoms with Crippen molar-refractivity contribution in [1.29, 1.82) is 0 Å². The van der Waals surface area contributed by atoms with E-state index in [1.54, 1.807) is 24.5 Å². The van der Waals surface area contributed by atoms with E-state index in [1.165, 1.54) is 5.56 Å². The molecule has 0 aliphatic carbocycles. The Kier molecular flexibility index (Phi) is 3.88. The van der Waals surface area contributed by atoms with E-state index in [0.29, 0.717) is 18.0 Å². The highest BCUT2D eigenvalue weighted by molar-refractivity contribution is 7.07. The number of rotatable bonds is 5. The number of hydrogen-bond donors (Lipinski definition) is 1. The Bertz CT molecular complexity index is 468. The summed E-state index contributed by atoms with van der Waals surface area (Å²) >= 11 is 1.69. The van der Waals surface area contributed by atoms with E-state index >= 15 is 0 Å². The van der Waals surface area contributed by atoms with Crippen LogP contribution < -0.4 is 15.2 Å². The van der Waals surface area contributed by atoms with Gasteiger partial charge in [0.1, 0.15) is 11.5 Å². The summed E-state index contributed by atoms with van der Waals surface area (Å²) in [6.45, 7) is 0.619. The molecule has 2 rings (SSSR count). The summed E-state index contributed by atoms with van der Waals surface area (Å²) in [5.41, 5.74) is 7.75. The number of thiophene rings is 1. The second-order valence-electron chi connectivity index (χ2n) is 3.63. The minimum Gasteiger partial charge on any atom is -0.497 e. The van der Waals surface area contributed by atoms with Crippen LogP contribution in [0.4, 0.5) is 5.69 Å². The second-order valence-corrected chi connectivity index (χ2v) is 4.41. The van der Waals surface area contributed by atoms with E-state index < -0.39 is 0 Å². The molecule has 0 aliphatic heterocycles. The molecule has 2 N–H and O–H groups in total. The van der Waals surface area contributed by atoms with Crippen LogP contribution in [0.3, 0.4) is 0 Å². The highest BCUT2D eigenvalue weighted by atomic mass is 32.1. The van der Waals surface area contributed by atoms with Gasteiger partial charge in [0.05, 0.1) is 19.4 Å². The fourth-order valence-electron chi connectivity index (χ4n) is 1.48. The van der Waals surface area contributed by atoms with Crippen LogP contribution in [0.5, 0.6) is 11.5 Å². The van der Waals surface area contributed by atoms with Gasteiger partial charge in [0.2, 0.25) is 0 Å². The van der Waals surface area contributed by atoms with E-state index in [1.807, 2.05) is 12.1 Å². The minimum atomic E-state index is 0.619. The van der Waals surface area contributed by atoms with Crippen LogP contribution in [0, 0.1) is 0 Å². The zero-order valence-electron chi connectivity index (χ0n) is 9.68. The van der Waals surface area contributed by atoms with Crippen molar-refractivity contribution >= 4 is 17.0 Å². The smallest absolute Gasteiger partial charge is 0.145 e. The van der Waals surface area contributed by atoms with Crippen LogP contribution in [0.25, 0.3) is 0 Å². The third-order valence-corrected chi connectivity index (χ3v) is 3.18. The van der Waals surface area contributed by atoms with Crippen LogP contribution in [-0.4, -0.2) is 13.7 Å². The number of nitrogen functional groups attached to an aromatic ring is 1. The maximum absolute atomic E-state index is 5.83. The van der Waals surface area contributed by atoms with Crippen LogP contribution in [0.15, 0.2) is 35.0 Å². The Morgan fingerprint density at radius 1 is 1.29 bits per heavy atom. The molecule has 0 bridgehead atoms. The molecule has 1 aromatic carbocycles. The molecule has 90 valence electrons. The maximum atomic E-state index is 5.83. The molecule has 0 amide bonds. The summed E-state index contributed by atoms with van der Waals surface area (Å²) < 4.78 is 10.8. The van der Waals surface area contributed by atoms with Crippen molar-refractivity contribution in [3.05, 3.63) is 40.6 Å². The third-order valence-electron chi connectivity index (χ3n) is 2.45. The topological polar surface area (TPSA) is 44.5 Å². The lowest BCUT2D eigenvalue weighted by Gasteiger charge is -2.09. The van der Waals surface area contributed by atoms with Gasteiger partial charge in [-0.3, -0.25) is 0 Å². The predicted molar refractivity (Wildman–Crippen MR) is 70.9 cm³/mol. The van der Waals surface area contributed by atoms with E-state index in [2.05, 4.69) is 16.8 Å². The van der Waals surface area contributed by atoms with Gasteiger partial charge in [-0.2, -0.15) is 11.3 Å². The van der Waals surface area contributed by atoms with Crippen molar-refractivity contribution < 1.29 is 9.47 Å². The molecule has 0 fully saturated rings. The average Bonchev–Trinajstić information content (AvgIpc) is 2.84. The SMILES string of the molecule is COc1ccc(N)c(OCCc2ccsc2)c1. The Labute approximate surface area is 105 Å². The maximum Gasteiger partial charge on any atom is 0.145 e. The normalized spacial score (nSPS) is 10.2. The van der Waals surface area contributed by atoms with Crippen molar-refractivity contribution in [2.24, 2.45) is 0 Å². The molecule has 0 aliphatic rings. The summed E-state index contributed by atoms with van der Waals surface area (Å²) in [5, 5.41) is 4.19. The molecule has 3 nitrogen and oxygen atoms in total. The van der Waals surface area contributed by atoms with Gasteiger partial charge < -0.3 is 15.2 Å². The van der Waals surface area contributed by atoms with E-state index in [-0.39, 0.29) is 0 Å². The number of ether oxygens (including phenoxy) is 2. The third kappa shape index (κ3) is 3.14. The lowest BCUT2D eigenvalue weighted by molar-refractivity contribution is 0.321. The molecule has 0 radical (unpaired) electrons. The van der Waals surface area contributed by atoms with Crippen LogP contribution in [0.2, 0.25) is 0 Å². The molecule has 0 atom stereocenters. The number of benzene rings is 1. The minimum absolute atomic E-state index is 0.619. The molecule has 0 saturated carbocycles.